The van der Waals surface area contributed by atoms with Gasteiger partial charge in [0, 0.05) is 19.4 Å². The first-order valence-corrected chi connectivity index (χ1v) is 10.5. The Bertz CT molecular complexity index is 458. The maximum absolute atomic E-state index is 12.1. The van der Waals surface area contributed by atoms with Crippen LogP contribution < -0.4 is 0 Å². The number of aliphatic hydroxyl groups is 2. The highest BCUT2D eigenvalue weighted by molar-refractivity contribution is 5.78. The van der Waals surface area contributed by atoms with Gasteiger partial charge in [0.1, 0.15) is 5.78 Å². The predicted molar refractivity (Wildman–Crippen MR) is 108 cm³/mol. The highest BCUT2D eigenvalue weighted by Crippen LogP contribution is 2.23. The van der Waals surface area contributed by atoms with Gasteiger partial charge in [-0.2, -0.15) is 0 Å². The molecule has 1 rings (SSSR count). The van der Waals surface area contributed by atoms with E-state index in [1.807, 2.05) is 30.3 Å². The summed E-state index contributed by atoms with van der Waals surface area (Å²) in [5.41, 5.74) is 0.845. The molecule has 0 saturated heterocycles. The van der Waals surface area contributed by atoms with Crippen molar-refractivity contribution >= 4 is 5.78 Å². The first-order chi connectivity index (χ1) is 12.7. The first kappa shape index (κ1) is 22.9. The van der Waals surface area contributed by atoms with E-state index in [-0.39, 0.29) is 18.3 Å². The van der Waals surface area contributed by atoms with Crippen LogP contribution >= 0.6 is 0 Å². The fourth-order valence-electron chi connectivity index (χ4n) is 3.41. The molecule has 0 aliphatic heterocycles. The van der Waals surface area contributed by atoms with Gasteiger partial charge in [0.15, 0.2) is 0 Å². The SMILES string of the molecule is CCCCCCCCCCCC(=O)C[C@H](CO)C[C@@H](O)c1ccccc1. The van der Waals surface area contributed by atoms with Gasteiger partial charge in [0.05, 0.1) is 6.10 Å². The number of Topliss-reactive ketones (excluding diaryl/α,β-unsaturated/α-hetero) is 1. The Hall–Kier alpha value is -1.19. The maximum Gasteiger partial charge on any atom is 0.133 e. The molecule has 0 unspecified atom stereocenters. The van der Waals surface area contributed by atoms with E-state index in [0.717, 1.165) is 18.4 Å². The number of unbranched alkanes of at least 4 members (excludes halogenated alkanes) is 8. The second kappa shape index (κ2) is 14.9. The number of benzene rings is 1. The number of carbonyl (C=O) groups excluding carboxylic acids is 1. The molecule has 0 aliphatic carbocycles. The van der Waals surface area contributed by atoms with E-state index in [2.05, 4.69) is 6.92 Å². The smallest absolute Gasteiger partial charge is 0.133 e. The van der Waals surface area contributed by atoms with Crippen molar-refractivity contribution < 1.29 is 15.0 Å². The Balaban J connectivity index is 2.12. The molecule has 148 valence electrons. The highest BCUT2D eigenvalue weighted by Gasteiger charge is 2.18. The van der Waals surface area contributed by atoms with Crippen molar-refractivity contribution in [3.63, 3.8) is 0 Å². The molecule has 0 aliphatic rings. The summed E-state index contributed by atoms with van der Waals surface area (Å²) in [6.07, 6.45) is 12.0. The van der Waals surface area contributed by atoms with Crippen molar-refractivity contribution in [1.29, 1.82) is 0 Å². The second-order valence-electron chi connectivity index (χ2n) is 7.53. The second-order valence-corrected chi connectivity index (χ2v) is 7.53. The third-order valence-corrected chi connectivity index (χ3v) is 5.07. The summed E-state index contributed by atoms with van der Waals surface area (Å²) in [5.74, 6) is 0.0588. The minimum absolute atomic E-state index is 0.0482. The number of rotatable bonds is 16. The molecule has 1 aromatic rings. The van der Waals surface area contributed by atoms with Crippen LogP contribution in [0.15, 0.2) is 30.3 Å². The number of hydrogen-bond acceptors (Lipinski definition) is 3. The molecule has 0 amide bonds. The zero-order valence-corrected chi connectivity index (χ0v) is 16.5. The average molecular weight is 363 g/mol. The molecule has 26 heavy (non-hydrogen) atoms. The van der Waals surface area contributed by atoms with Crippen molar-refractivity contribution in [3.8, 4) is 0 Å². The number of aliphatic hydroxyl groups excluding tert-OH is 2. The van der Waals surface area contributed by atoms with Crippen LogP contribution in [0.25, 0.3) is 0 Å². The van der Waals surface area contributed by atoms with Gasteiger partial charge in [0.25, 0.3) is 0 Å². The predicted octanol–water partition coefficient (Wildman–Crippen LogP) is 5.60. The molecule has 0 aromatic heterocycles. The molecule has 0 fully saturated rings. The molecule has 1 aromatic carbocycles. The van der Waals surface area contributed by atoms with Crippen molar-refractivity contribution in [2.75, 3.05) is 6.61 Å². The third kappa shape index (κ3) is 10.7. The Labute approximate surface area is 159 Å². The lowest BCUT2D eigenvalue weighted by molar-refractivity contribution is -0.120. The number of ketones is 1. The molecule has 2 N–H and O–H groups in total. The van der Waals surface area contributed by atoms with Crippen LogP contribution in [0.1, 0.15) is 95.6 Å². The quantitative estimate of drug-likeness (QED) is 0.376. The van der Waals surface area contributed by atoms with Crippen LogP contribution in [0.5, 0.6) is 0 Å². The molecule has 0 heterocycles. The summed E-state index contributed by atoms with van der Waals surface area (Å²) in [7, 11) is 0. The van der Waals surface area contributed by atoms with Gasteiger partial charge in [-0.25, -0.2) is 0 Å². The maximum atomic E-state index is 12.1. The van der Waals surface area contributed by atoms with Gasteiger partial charge in [0.2, 0.25) is 0 Å². The zero-order chi connectivity index (χ0) is 19.0. The highest BCUT2D eigenvalue weighted by atomic mass is 16.3. The monoisotopic (exact) mass is 362 g/mol. The van der Waals surface area contributed by atoms with Crippen LogP contribution in [0.4, 0.5) is 0 Å². The average Bonchev–Trinajstić information content (AvgIpc) is 2.66. The van der Waals surface area contributed by atoms with Gasteiger partial charge in [-0.1, -0.05) is 88.6 Å². The minimum atomic E-state index is -0.617. The molecule has 3 heteroatoms. The standard InChI is InChI=1S/C23H38O3/c1-2-3-4-5-6-7-8-9-13-16-22(25)17-20(19-24)18-23(26)21-14-11-10-12-15-21/h10-12,14-15,20,23-24,26H,2-9,13,16-19H2,1H3/t20-,23+/m0/s1. The van der Waals surface area contributed by atoms with Crippen LogP contribution in [-0.4, -0.2) is 22.6 Å². The van der Waals surface area contributed by atoms with Gasteiger partial charge in [-0.3, -0.25) is 4.79 Å². The number of carbonyl (C=O) groups is 1. The van der Waals surface area contributed by atoms with E-state index in [9.17, 15) is 15.0 Å². The van der Waals surface area contributed by atoms with Crippen molar-refractivity contribution in [2.45, 2.75) is 90.1 Å². The Morgan fingerprint density at radius 2 is 1.50 bits per heavy atom. The zero-order valence-electron chi connectivity index (χ0n) is 16.5. The summed E-state index contributed by atoms with van der Waals surface area (Å²) in [4.78, 5) is 12.1. The lowest BCUT2D eigenvalue weighted by Crippen LogP contribution is -2.16. The molecule has 3 nitrogen and oxygen atoms in total. The molecular weight excluding hydrogens is 324 g/mol. The molecule has 0 bridgehead atoms. The molecular formula is C23H38O3. The van der Waals surface area contributed by atoms with Crippen molar-refractivity contribution in [3.05, 3.63) is 35.9 Å². The van der Waals surface area contributed by atoms with Crippen molar-refractivity contribution in [2.24, 2.45) is 5.92 Å². The normalized spacial score (nSPS) is 13.5. The van der Waals surface area contributed by atoms with E-state index < -0.39 is 6.10 Å². The molecule has 0 saturated carbocycles. The first-order valence-electron chi connectivity index (χ1n) is 10.5. The fourth-order valence-corrected chi connectivity index (χ4v) is 3.41. The molecule has 2 atom stereocenters. The fraction of sp³-hybridized carbons (Fsp3) is 0.696. The van der Waals surface area contributed by atoms with Crippen LogP contribution in [0.3, 0.4) is 0 Å². The number of hydrogen-bond donors (Lipinski definition) is 2. The van der Waals surface area contributed by atoms with Crippen molar-refractivity contribution in [1.82, 2.24) is 0 Å². The summed E-state index contributed by atoms with van der Waals surface area (Å²) in [6, 6.07) is 9.45. The van der Waals surface area contributed by atoms with E-state index in [4.69, 9.17) is 0 Å². The van der Waals surface area contributed by atoms with E-state index in [1.165, 1.54) is 44.9 Å². The summed E-state index contributed by atoms with van der Waals surface area (Å²) in [6.45, 7) is 2.19. The Kier molecular flexibility index (Phi) is 13.1. The van der Waals surface area contributed by atoms with Gasteiger partial charge in [-0.05, 0) is 24.3 Å². The molecule has 0 spiro atoms. The lowest BCUT2D eigenvalue weighted by atomic mass is 9.92. The molecule has 0 radical (unpaired) electrons. The third-order valence-electron chi connectivity index (χ3n) is 5.07. The van der Waals surface area contributed by atoms with Crippen LogP contribution in [0.2, 0.25) is 0 Å². The summed E-state index contributed by atoms with van der Waals surface area (Å²) in [5, 5.41) is 19.8. The topological polar surface area (TPSA) is 57.5 Å². The summed E-state index contributed by atoms with van der Waals surface area (Å²) >= 11 is 0. The summed E-state index contributed by atoms with van der Waals surface area (Å²) < 4.78 is 0. The van der Waals surface area contributed by atoms with Gasteiger partial charge in [-0.15, -0.1) is 0 Å². The van der Waals surface area contributed by atoms with Crippen LogP contribution in [0, 0.1) is 5.92 Å². The largest absolute Gasteiger partial charge is 0.396 e. The van der Waals surface area contributed by atoms with Gasteiger partial charge >= 0.3 is 0 Å². The Morgan fingerprint density at radius 3 is 2.08 bits per heavy atom. The Morgan fingerprint density at radius 1 is 0.923 bits per heavy atom. The van der Waals surface area contributed by atoms with Gasteiger partial charge < -0.3 is 10.2 Å². The van der Waals surface area contributed by atoms with E-state index in [0.29, 0.717) is 19.3 Å². The van der Waals surface area contributed by atoms with E-state index in [1.54, 1.807) is 0 Å². The lowest BCUT2D eigenvalue weighted by Gasteiger charge is -2.18. The van der Waals surface area contributed by atoms with Crippen LogP contribution in [-0.2, 0) is 4.79 Å². The minimum Gasteiger partial charge on any atom is -0.396 e. The van der Waals surface area contributed by atoms with E-state index >= 15 is 0 Å².